The largest absolute Gasteiger partial charge is 0.444 e. The quantitative estimate of drug-likeness (QED) is 0.772. The first kappa shape index (κ1) is 18.5. The number of halogens is 1. The highest BCUT2D eigenvalue weighted by atomic mass is 19.1. The van der Waals surface area contributed by atoms with Crippen molar-refractivity contribution in [1.82, 2.24) is 9.80 Å². The Kier molecular flexibility index (Phi) is 5.29. The van der Waals surface area contributed by atoms with Crippen LogP contribution < -0.4 is 0 Å². The van der Waals surface area contributed by atoms with E-state index < -0.39 is 11.3 Å². The molecule has 134 valence electrons. The molecule has 0 aromatic rings. The summed E-state index contributed by atoms with van der Waals surface area (Å²) in [6, 6.07) is 0. The monoisotopic (exact) mass is 328 g/mol. The second-order valence-corrected chi connectivity index (χ2v) is 8.96. The van der Waals surface area contributed by atoms with Crippen molar-refractivity contribution in [3.05, 3.63) is 0 Å². The Morgan fingerprint density at radius 3 is 1.91 bits per heavy atom. The maximum absolute atomic E-state index is 13.8. The highest BCUT2D eigenvalue weighted by molar-refractivity contribution is 5.68. The fourth-order valence-corrected chi connectivity index (χ4v) is 3.71. The molecule has 0 N–H and O–H groups in total. The first-order valence-electron chi connectivity index (χ1n) is 8.87. The summed E-state index contributed by atoms with van der Waals surface area (Å²) in [5.41, 5.74) is -1.21. The third kappa shape index (κ3) is 5.63. The number of ether oxygens (including phenoxy) is 1. The number of amides is 1. The van der Waals surface area contributed by atoms with E-state index in [-0.39, 0.29) is 6.09 Å². The van der Waals surface area contributed by atoms with Crippen LogP contribution in [0.1, 0.15) is 60.3 Å². The van der Waals surface area contributed by atoms with Crippen LogP contribution in [0.3, 0.4) is 0 Å². The maximum atomic E-state index is 13.8. The summed E-state index contributed by atoms with van der Waals surface area (Å²) in [6.45, 7) is 13.0. The van der Waals surface area contributed by atoms with Gasteiger partial charge in [0.2, 0.25) is 0 Å². The van der Waals surface area contributed by atoms with Gasteiger partial charge in [0, 0.05) is 19.6 Å². The minimum atomic E-state index is -1.12. The summed E-state index contributed by atoms with van der Waals surface area (Å²) >= 11 is 0. The van der Waals surface area contributed by atoms with Gasteiger partial charge in [-0.25, -0.2) is 9.18 Å². The van der Waals surface area contributed by atoms with Crippen molar-refractivity contribution in [3.8, 4) is 0 Å². The van der Waals surface area contributed by atoms with Crippen molar-refractivity contribution in [1.29, 1.82) is 0 Å². The molecule has 4 nitrogen and oxygen atoms in total. The zero-order chi connectivity index (χ0) is 17.3. The first-order chi connectivity index (χ1) is 10.5. The number of piperidine rings is 2. The standard InChI is InChI=1S/C18H33FN2O2/c1-16(2,3)23-15(22)21-12-8-18(9-13-21)6-10-20(11-7-18)14-17(4,5)19/h6-14H2,1-5H3. The van der Waals surface area contributed by atoms with Crippen LogP contribution in [0.15, 0.2) is 0 Å². The summed E-state index contributed by atoms with van der Waals surface area (Å²) in [6.07, 6.45) is 4.12. The van der Waals surface area contributed by atoms with Gasteiger partial charge in [0.25, 0.3) is 0 Å². The number of hydrogen-bond donors (Lipinski definition) is 0. The van der Waals surface area contributed by atoms with Gasteiger partial charge in [0.1, 0.15) is 11.3 Å². The first-order valence-corrected chi connectivity index (χ1v) is 8.87. The minimum absolute atomic E-state index is 0.191. The van der Waals surface area contributed by atoms with Crippen LogP contribution in [0.2, 0.25) is 0 Å². The summed E-state index contributed by atoms with van der Waals surface area (Å²) in [7, 11) is 0. The van der Waals surface area contributed by atoms with Crippen LogP contribution in [-0.2, 0) is 4.74 Å². The summed E-state index contributed by atoms with van der Waals surface area (Å²) in [5, 5.41) is 0. The number of carbonyl (C=O) groups is 1. The van der Waals surface area contributed by atoms with Crippen molar-refractivity contribution in [2.45, 2.75) is 71.6 Å². The van der Waals surface area contributed by atoms with Gasteiger partial charge in [-0.15, -0.1) is 0 Å². The van der Waals surface area contributed by atoms with E-state index in [1.165, 1.54) is 0 Å². The van der Waals surface area contributed by atoms with Crippen LogP contribution in [0.5, 0.6) is 0 Å². The van der Waals surface area contributed by atoms with Gasteiger partial charge in [0.05, 0.1) is 0 Å². The van der Waals surface area contributed by atoms with E-state index in [4.69, 9.17) is 4.74 Å². The molecule has 0 radical (unpaired) electrons. The molecule has 2 fully saturated rings. The molecular formula is C18H33FN2O2. The predicted octanol–water partition coefficient (Wildman–Crippen LogP) is 3.85. The molecular weight excluding hydrogens is 295 g/mol. The van der Waals surface area contributed by atoms with Gasteiger partial charge in [-0.3, -0.25) is 0 Å². The molecule has 1 amide bonds. The maximum Gasteiger partial charge on any atom is 0.410 e. The van der Waals surface area contributed by atoms with Crippen LogP contribution in [-0.4, -0.2) is 59.9 Å². The highest BCUT2D eigenvalue weighted by Gasteiger charge is 2.40. The lowest BCUT2D eigenvalue weighted by Crippen LogP contribution is -2.50. The molecule has 2 rings (SSSR count). The molecule has 0 atom stereocenters. The average molecular weight is 328 g/mol. The van der Waals surface area contributed by atoms with E-state index >= 15 is 0 Å². The van der Waals surface area contributed by atoms with Gasteiger partial charge in [-0.2, -0.15) is 0 Å². The topological polar surface area (TPSA) is 32.8 Å². The van der Waals surface area contributed by atoms with Crippen molar-refractivity contribution in [2.24, 2.45) is 5.41 Å². The highest BCUT2D eigenvalue weighted by Crippen LogP contribution is 2.41. The van der Waals surface area contributed by atoms with Crippen molar-refractivity contribution < 1.29 is 13.9 Å². The Morgan fingerprint density at radius 2 is 1.48 bits per heavy atom. The molecule has 0 aromatic carbocycles. The lowest BCUT2D eigenvalue weighted by atomic mass is 9.71. The van der Waals surface area contributed by atoms with E-state index in [0.29, 0.717) is 12.0 Å². The number of hydrogen-bond acceptors (Lipinski definition) is 3. The number of nitrogens with zero attached hydrogens (tertiary/aromatic N) is 2. The Labute approximate surface area is 140 Å². The number of alkyl halides is 1. The van der Waals surface area contributed by atoms with Crippen molar-refractivity contribution >= 4 is 6.09 Å². The van der Waals surface area contributed by atoms with E-state index in [1.807, 2.05) is 25.7 Å². The number of rotatable bonds is 2. The van der Waals surface area contributed by atoms with E-state index in [1.54, 1.807) is 13.8 Å². The van der Waals surface area contributed by atoms with Crippen LogP contribution in [0.25, 0.3) is 0 Å². The fourth-order valence-electron chi connectivity index (χ4n) is 3.71. The average Bonchev–Trinajstić information content (AvgIpc) is 2.39. The number of likely N-dealkylation sites (tertiary alicyclic amines) is 2. The fraction of sp³-hybridized carbons (Fsp3) is 0.944. The van der Waals surface area contributed by atoms with Crippen LogP contribution in [0, 0.1) is 5.41 Å². The minimum Gasteiger partial charge on any atom is -0.444 e. The predicted molar refractivity (Wildman–Crippen MR) is 90.3 cm³/mol. The zero-order valence-corrected chi connectivity index (χ0v) is 15.5. The van der Waals surface area contributed by atoms with Gasteiger partial charge < -0.3 is 14.5 Å². The van der Waals surface area contributed by atoms with E-state index in [0.717, 1.165) is 51.9 Å². The second-order valence-electron chi connectivity index (χ2n) is 8.96. The molecule has 0 unspecified atom stereocenters. The molecule has 2 saturated heterocycles. The molecule has 2 aliphatic rings. The Bertz CT molecular complexity index is 408. The zero-order valence-electron chi connectivity index (χ0n) is 15.5. The second kappa shape index (κ2) is 6.58. The van der Waals surface area contributed by atoms with E-state index in [9.17, 15) is 9.18 Å². The van der Waals surface area contributed by atoms with Crippen molar-refractivity contribution in [2.75, 3.05) is 32.7 Å². The third-order valence-corrected chi connectivity index (χ3v) is 4.99. The molecule has 0 aliphatic carbocycles. The molecule has 0 aromatic heterocycles. The lowest BCUT2D eigenvalue weighted by molar-refractivity contribution is -0.00736. The summed E-state index contributed by atoms with van der Waals surface area (Å²) < 4.78 is 19.2. The Hall–Kier alpha value is -0.840. The van der Waals surface area contributed by atoms with Gasteiger partial charge in [-0.05, 0) is 78.8 Å². The third-order valence-electron chi connectivity index (χ3n) is 4.99. The number of carbonyl (C=O) groups excluding carboxylic acids is 1. The molecule has 0 saturated carbocycles. The molecule has 0 bridgehead atoms. The van der Waals surface area contributed by atoms with Gasteiger partial charge in [-0.1, -0.05) is 0 Å². The molecule has 5 heteroatoms. The van der Waals surface area contributed by atoms with Crippen molar-refractivity contribution in [3.63, 3.8) is 0 Å². The lowest BCUT2D eigenvalue weighted by Gasteiger charge is -2.47. The van der Waals surface area contributed by atoms with Gasteiger partial charge in [0.15, 0.2) is 0 Å². The van der Waals surface area contributed by atoms with Gasteiger partial charge >= 0.3 is 6.09 Å². The molecule has 2 aliphatic heterocycles. The SMILES string of the molecule is CC(C)(F)CN1CCC2(CC1)CCN(C(=O)OC(C)(C)C)CC2. The normalized spacial score (nSPS) is 23.1. The van der Waals surface area contributed by atoms with Crippen LogP contribution in [0.4, 0.5) is 9.18 Å². The van der Waals surface area contributed by atoms with E-state index in [2.05, 4.69) is 4.90 Å². The molecule has 23 heavy (non-hydrogen) atoms. The van der Waals surface area contributed by atoms with Crippen LogP contribution >= 0.6 is 0 Å². The smallest absolute Gasteiger partial charge is 0.410 e. The summed E-state index contributed by atoms with van der Waals surface area (Å²) in [5.74, 6) is 0. The Balaban J connectivity index is 1.80. The molecule has 1 spiro atoms. The summed E-state index contributed by atoms with van der Waals surface area (Å²) in [4.78, 5) is 16.2. The Morgan fingerprint density at radius 1 is 1.00 bits per heavy atom. The molecule has 2 heterocycles.